The SMILES string of the molecule is Cc1cnc(OCCCC[N+](CCO)(CCO)CCO)c(F)c1.[I-]. The summed E-state index contributed by atoms with van der Waals surface area (Å²) in [6, 6.07) is 1.38. The number of hydrogen-bond acceptors (Lipinski definition) is 5. The van der Waals surface area contributed by atoms with Crippen LogP contribution in [0.4, 0.5) is 4.39 Å². The zero-order valence-corrected chi connectivity index (χ0v) is 16.3. The van der Waals surface area contributed by atoms with E-state index in [9.17, 15) is 19.7 Å². The first-order valence-corrected chi connectivity index (χ1v) is 7.99. The van der Waals surface area contributed by atoms with Crippen molar-refractivity contribution in [2.75, 3.05) is 52.6 Å². The molecular formula is C16H28FIN2O4. The largest absolute Gasteiger partial charge is 1.00 e. The molecule has 0 atom stereocenters. The van der Waals surface area contributed by atoms with Crippen molar-refractivity contribution in [3.05, 3.63) is 23.6 Å². The topological polar surface area (TPSA) is 82.8 Å². The molecule has 0 aliphatic heterocycles. The third kappa shape index (κ3) is 8.02. The average Bonchev–Trinajstić information content (AvgIpc) is 2.50. The van der Waals surface area contributed by atoms with Gasteiger partial charge in [-0.05, 0) is 31.4 Å². The highest BCUT2D eigenvalue weighted by Crippen LogP contribution is 2.15. The number of ether oxygens (including phenoxy) is 1. The summed E-state index contributed by atoms with van der Waals surface area (Å²) < 4.78 is 19.4. The Hall–Kier alpha value is -0.550. The maximum atomic E-state index is 13.6. The van der Waals surface area contributed by atoms with Gasteiger partial charge in [-0.2, -0.15) is 0 Å². The molecule has 6 nitrogen and oxygen atoms in total. The first kappa shape index (κ1) is 23.4. The van der Waals surface area contributed by atoms with Crippen LogP contribution in [0.1, 0.15) is 18.4 Å². The van der Waals surface area contributed by atoms with E-state index in [0.29, 0.717) is 37.1 Å². The molecule has 140 valence electrons. The number of rotatable bonds is 12. The zero-order valence-electron chi connectivity index (χ0n) is 14.1. The Bertz CT molecular complexity index is 449. The Morgan fingerprint density at radius 1 is 1.04 bits per heavy atom. The molecule has 0 unspecified atom stereocenters. The highest BCUT2D eigenvalue weighted by Gasteiger charge is 2.25. The molecule has 8 heteroatoms. The molecule has 0 spiro atoms. The second kappa shape index (κ2) is 12.8. The van der Waals surface area contributed by atoms with Crippen LogP contribution in [0, 0.1) is 12.7 Å². The molecule has 0 fully saturated rings. The molecule has 0 aliphatic carbocycles. The van der Waals surface area contributed by atoms with Gasteiger partial charge in [0.25, 0.3) is 0 Å². The van der Waals surface area contributed by atoms with E-state index in [2.05, 4.69) is 4.98 Å². The van der Waals surface area contributed by atoms with Crippen LogP contribution < -0.4 is 28.7 Å². The first-order valence-electron chi connectivity index (χ1n) is 7.99. The predicted molar refractivity (Wildman–Crippen MR) is 84.6 cm³/mol. The quantitative estimate of drug-likeness (QED) is 0.183. The molecule has 0 saturated heterocycles. The van der Waals surface area contributed by atoms with Gasteiger partial charge in [0.15, 0.2) is 5.82 Å². The van der Waals surface area contributed by atoms with Gasteiger partial charge in [0.1, 0.15) is 19.6 Å². The Labute approximate surface area is 159 Å². The van der Waals surface area contributed by atoms with Crippen LogP contribution in [0.15, 0.2) is 12.3 Å². The third-order valence-electron chi connectivity index (χ3n) is 3.93. The number of nitrogens with zero attached hydrogens (tertiary/aromatic N) is 2. The van der Waals surface area contributed by atoms with Gasteiger partial charge in [-0.15, -0.1) is 0 Å². The van der Waals surface area contributed by atoms with Gasteiger partial charge in [-0.3, -0.25) is 0 Å². The van der Waals surface area contributed by atoms with Crippen LogP contribution in [-0.4, -0.2) is 77.4 Å². The third-order valence-corrected chi connectivity index (χ3v) is 3.93. The summed E-state index contributed by atoms with van der Waals surface area (Å²) in [6.07, 6.45) is 3.05. The van der Waals surface area contributed by atoms with Crippen molar-refractivity contribution in [1.29, 1.82) is 0 Å². The van der Waals surface area contributed by atoms with Crippen molar-refractivity contribution in [3.63, 3.8) is 0 Å². The lowest BCUT2D eigenvalue weighted by Gasteiger charge is -2.37. The van der Waals surface area contributed by atoms with Gasteiger partial charge in [0.05, 0.1) is 33.0 Å². The number of aromatic nitrogens is 1. The molecule has 0 saturated carbocycles. The van der Waals surface area contributed by atoms with Crippen molar-refractivity contribution in [2.24, 2.45) is 0 Å². The lowest BCUT2D eigenvalue weighted by atomic mass is 10.2. The van der Waals surface area contributed by atoms with Gasteiger partial charge in [-0.25, -0.2) is 9.37 Å². The van der Waals surface area contributed by atoms with Crippen LogP contribution in [-0.2, 0) is 0 Å². The molecule has 1 aromatic rings. The standard InChI is InChI=1S/C16H28FN2O4.HI/c1-14-12-15(17)16(18-13-14)23-11-3-2-4-19(5-8-20,6-9-21)7-10-22;/h12-13,20-22H,2-11H2,1H3;1H/q+1;/p-1. The molecule has 0 bridgehead atoms. The van der Waals surface area contributed by atoms with Crippen LogP contribution in [0.5, 0.6) is 5.88 Å². The van der Waals surface area contributed by atoms with E-state index in [0.717, 1.165) is 18.5 Å². The Morgan fingerprint density at radius 2 is 1.62 bits per heavy atom. The van der Waals surface area contributed by atoms with Crippen LogP contribution in [0.2, 0.25) is 0 Å². The van der Waals surface area contributed by atoms with Crippen LogP contribution >= 0.6 is 0 Å². The average molecular weight is 458 g/mol. The minimum atomic E-state index is -0.462. The molecular weight excluding hydrogens is 430 g/mol. The highest BCUT2D eigenvalue weighted by molar-refractivity contribution is 5.18. The normalized spacial score (nSPS) is 11.2. The van der Waals surface area contributed by atoms with E-state index in [4.69, 9.17) is 4.74 Å². The molecule has 1 aromatic heterocycles. The van der Waals surface area contributed by atoms with Crippen LogP contribution in [0.3, 0.4) is 0 Å². The minimum absolute atomic E-state index is 0. The maximum Gasteiger partial charge on any atom is 0.250 e. The predicted octanol–water partition coefficient (Wildman–Crippen LogP) is -2.51. The fourth-order valence-corrected chi connectivity index (χ4v) is 2.65. The Kier molecular flexibility index (Phi) is 12.5. The molecule has 0 amide bonds. The molecule has 1 rings (SSSR count). The highest BCUT2D eigenvalue weighted by atomic mass is 127. The minimum Gasteiger partial charge on any atom is -1.00 e. The smallest absolute Gasteiger partial charge is 0.250 e. The number of aliphatic hydroxyl groups is 3. The van der Waals surface area contributed by atoms with E-state index in [1.807, 2.05) is 0 Å². The molecule has 0 aromatic carbocycles. The van der Waals surface area contributed by atoms with Crippen molar-refractivity contribution >= 4 is 0 Å². The molecule has 3 N–H and O–H groups in total. The van der Waals surface area contributed by atoms with Gasteiger partial charge in [0, 0.05) is 6.20 Å². The second-order valence-electron chi connectivity index (χ2n) is 5.76. The van der Waals surface area contributed by atoms with E-state index >= 15 is 0 Å². The van der Waals surface area contributed by atoms with E-state index in [-0.39, 0.29) is 49.7 Å². The summed E-state index contributed by atoms with van der Waals surface area (Å²) in [5.74, 6) is -0.451. The summed E-state index contributed by atoms with van der Waals surface area (Å²) in [5.41, 5.74) is 0.744. The second-order valence-corrected chi connectivity index (χ2v) is 5.76. The lowest BCUT2D eigenvalue weighted by molar-refractivity contribution is -0.929. The summed E-state index contributed by atoms with van der Waals surface area (Å²) in [6.45, 7) is 4.35. The number of aryl methyl sites for hydroxylation is 1. The summed E-state index contributed by atoms with van der Waals surface area (Å²) >= 11 is 0. The Morgan fingerprint density at radius 3 is 2.12 bits per heavy atom. The summed E-state index contributed by atoms with van der Waals surface area (Å²) in [4.78, 5) is 3.91. The number of pyridine rings is 1. The molecule has 0 aliphatic rings. The van der Waals surface area contributed by atoms with E-state index in [1.54, 1.807) is 13.1 Å². The van der Waals surface area contributed by atoms with Gasteiger partial charge >= 0.3 is 0 Å². The number of aliphatic hydroxyl groups excluding tert-OH is 3. The molecule has 1 heterocycles. The number of unbranched alkanes of at least 4 members (excludes halogenated alkanes) is 1. The maximum absolute atomic E-state index is 13.6. The van der Waals surface area contributed by atoms with Crippen molar-refractivity contribution in [2.45, 2.75) is 19.8 Å². The lowest BCUT2D eigenvalue weighted by Crippen LogP contribution is -3.00. The monoisotopic (exact) mass is 458 g/mol. The van der Waals surface area contributed by atoms with Crippen molar-refractivity contribution in [1.82, 2.24) is 4.98 Å². The molecule has 0 radical (unpaired) electrons. The van der Waals surface area contributed by atoms with Gasteiger partial charge < -0.3 is 48.5 Å². The number of quaternary nitrogens is 1. The zero-order chi connectivity index (χ0) is 17.1. The van der Waals surface area contributed by atoms with Crippen molar-refractivity contribution in [3.8, 4) is 5.88 Å². The van der Waals surface area contributed by atoms with Crippen molar-refractivity contribution < 1.29 is 52.9 Å². The Balaban J connectivity index is 0.00000529. The van der Waals surface area contributed by atoms with Gasteiger partial charge in [0.2, 0.25) is 5.88 Å². The fraction of sp³-hybridized carbons (Fsp3) is 0.688. The van der Waals surface area contributed by atoms with E-state index < -0.39 is 5.82 Å². The number of halogens is 2. The summed E-state index contributed by atoms with van der Waals surface area (Å²) in [7, 11) is 0. The van der Waals surface area contributed by atoms with Gasteiger partial charge in [-0.1, -0.05) is 0 Å². The fourth-order valence-electron chi connectivity index (χ4n) is 2.65. The number of hydrogen-bond donors (Lipinski definition) is 3. The van der Waals surface area contributed by atoms with E-state index in [1.165, 1.54) is 6.07 Å². The first-order chi connectivity index (χ1) is 11.1. The molecule has 24 heavy (non-hydrogen) atoms. The summed E-state index contributed by atoms with van der Waals surface area (Å²) in [5, 5.41) is 27.6. The van der Waals surface area contributed by atoms with Crippen LogP contribution in [0.25, 0.3) is 0 Å².